The number of rotatable bonds is 1. The molecule has 108 valence electrons. The minimum Gasteiger partial charge on any atom is -0.292 e. The lowest BCUT2D eigenvalue weighted by atomic mass is 9.98. The third-order valence-electron chi connectivity index (χ3n) is 4.31. The zero-order chi connectivity index (χ0) is 14.7. The predicted octanol–water partition coefficient (Wildman–Crippen LogP) is 3.52. The van der Waals surface area contributed by atoms with Crippen molar-refractivity contribution in [3.05, 3.63) is 39.8 Å². The number of hydrogen-bond acceptors (Lipinski definition) is 2. The number of halogens is 1. The first-order valence-electron chi connectivity index (χ1n) is 7.24. The van der Waals surface area contributed by atoms with Gasteiger partial charge in [0, 0.05) is 34.1 Å². The van der Waals surface area contributed by atoms with E-state index in [1.165, 1.54) is 5.56 Å². The van der Waals surface area contributed by atoms with Crippen molar-refractivity contribution in [2.75, 3.05) is 0 Å². The first-order valence-corrected chi connectivity index (χ1v) is 8.16. The molecule has 1 atom stereocenters. The van der Waals surface area contributed by atoms with Crippen LogP contribution >= 0.6 is 15.9 Å². The molecule has 21 heavy (non-hydrogen) atoms. The van der Waals surface area contributed by atoms with Crippen molar-refractivity contribution in [3.63, 3.8) is 0 Å². The second-order valence-electron chi connectivity index (χ2n) is 5.81. The highest BCUT2D eigenvalue weighted by molar-refractivity contribution is 9.09. The van der Waals surface area contributed by atoms with Gasteiger partial charge in [0.15, 0.2) is 0 Å². The summed E-state index contributed by atoms with van der Waals surface area (Å²) in [6.07, 6.45) is 2.87. The van der Waals surface area contributed by atoms with E-state index in [2.05, 4.69) is 34.0 Å². The van der Waals surface area contributed by atoms with Crippen molar-refractivity contribution in [1.29, 1.82) is 0 Å². The normalized spacial score (nSPS) is 15.8. The highest BCUT2D eigenvalue weighted by Crippen LogP contribution is 2.34. The fourth-order valence-electron chi connectivity index (χ4n) is 3.43. The summed E-state index contributed by atoms with van der Waals surface area (Å²) in [4.78, 5) is 13.1. The number of nitrogens with zero attached hydrogens (tertiary/aromatic N) is 3. The molecule has 1 aliphatic rings. The summed E-state index contributed by atoms with van der Waals surface area (Å²) in [6, 6.07) is 4.17. The minimum atomic E-state index is 0.108. The van der Waals surface area contributed by atoms with Crippen LogP contribution in [0.2, 0.25) is 0 Å². The fourth-order valence-corrected chi connectivity index (χ4v) is 3.79. The molecule has 3 heterocycles. The number of aromatic nitrogens is 3. The minimum absolute atomic E-state index is 0.108. The Balaban J connectivity index is 2.32. The number of aryl methyl sites for hydroxylation is 3. The lowest BCUT2D eigenvalue weighted by molar-refractivity contribution is 0.485. The number of alkyl halides is 1. The van der Waals surface area contributed by atoms with Crippen molar-refractivity contribution in [1.82, 2.24) is 14.3 Å². The summed E-state index contributed by atoms with van der Waals surface area (Å²) in [5.74, 6) is 0. The van der Waals surface area contributed by atoms with Crippen LogP contribution in [0.1, 0.15) is 29.3 Å². The molecule has 2 aromatic heterocycles. The summed E-state index contributed by atoms with van der Waals surface area (Å²) in [5.41, 5.74) is 3.37. The third kappa shape index (κ3) is 1.73. The number of fused-ring (bicyclic) bond motifs is 2. The van der Waals surface area contributed by atoms with Crippen LogP contribution in [0.25, 0.3) is 21.8 Å². The molecule has 1 unspecified atom stereocenters. The molecular weight excluding hydrogens is 330 g/mol. The maximum Gasteiger partial charge on any atom is 0.260 e. The van der Waals surface area contributed by atoms with Gasteiger partial charge in [-0.1, -0.05) is 22.0 Å². The molecule has 4 rings (SSSR count). The van der Waals surface area contributed by atoms with E-state index in [0.29, 0.717) is 0 Å². The fraction of sp³-hybridized carbons (Fsp3) is 0.375. The number of pyridine rings is 1. The van der Waals surface area contributed by atoms with Crippen LogP contribution in [0.4, 0.5) is 0 Å². The largest absolute Gasteiger partial charge is 0.292 e. The van der Waals surface area contributed by atoms with E-state index >= 15 is 0 Å². The second-order valence-corrected chi connectivity index (χ2v) is 7.18. The van der Waals surface area contributed by atoms with Gasteiger partial charge in [-0.25, -0.2) is 4.68 Å². The molecule has 0 N–H and O–H groups in total. The van der Waals surface area contributed by atoms with Crippen molar-refractivity contribution < 1.29 is 0 Å². The van der Waals surface area contributed by atoms with Gasteiger partial charge in [-0.15, -0.1) is 0 Å². The number of benzene rings is 1. The van der Waals surface area contributed by atoms with Gasteiger partial charge in [0.2, 0.25) is 0 Å². The summed E-state index contributed by atoms with van der Waals surface area (Å²) < 4.78 is 3.85. The van der Waals surface area contributed by atoms with Crippen molar-refractivity contribution in [3.8, 4) is 0 Å². The third-order valence-corrected chi connectivity index (χ3v) is 4.80. The smallest absolute Gasteiger partial charge is 0.260 e. The van der Waals surface area contributed by atoms with Crippen molar-refractivity contribution in [2.45, 2.75) is 38.2 Å². The van der Waals surface area contributed by atoms with Crippen LogP contribution in [-0.4, -0.2) is 14.3 Å². The zero-order valence-electron chi connectivity index (χ0n) is 12.1. The van der Waals surface area contributed by atoms with E-state index < -0.39 is 0 Å². The maximum atomic E-state index is 12.9. The van der Waals surface area contributed by atoms with Gasteiger partial charge in [-0.05, 0) is 37.5 Å². The van der Waals surface area contributed by atoms with E-state index in [1.807, 2.05) is 28.4 Å². The zero-order valence-corrected chi connectivity index (χ0v) is 13.6. The lowest BCUT2D eigenvalue weighted by Crippen LogP contribution is -2.27. The first kappa shape index (κ1) is 13.1. The molecule has 0 aliphatic carbocycles. The van der Waals surface area contributed by atoms with E-state index in [4.69, 9.17) is 0 Å². The maximum absolute atomic E-state index is 12.9. The highest BCUT2D eigenvalue weighted by atomic mass is 79.9. The van der Waals surface area contributed by atoms with Gasteiger partial charge in [-0.2, -0.15) is 5.10 Å². The van der Waals surface area contributed by atoms with Crippen LogP contribution in [-0.2, 0) is 13.1 Å². The summed E-state index contributed by atoms with van der Waals surface area (Å²) >= 11 is 3.67. The van der Waals surface area contributed by atoms with E-state index in [9.17, 15) is 4.79 Å². The summed E-state index contributed by atoms with van der Waals surface area (Å²) in [5, 5.41) is 7.43. The Morgan fingerprint density at radius 1 is 1.29 bits per heavy atom. The first-order chi connectivity index (χ1) is 10.1. The molecule has 4 nitrogen and oxygen atoms in total. The molecule has 5 heteroatoms. The molecule has 0 spiro atoms. The van der Waals surface area contributed by atoms with Gasteiger partial charge < -0.3 is 0 Å². The molecular formula is C16H16BrN3O. The molecule has 3 aromatic rings. The monoisotopic (exact) mass is 345 g/mol. The Morgan fingerprint density at radius 3 is 2.86 bits per heavy atom. The number of hydrogen-bond donors (Lipinski definition) is 0. The van der Waals surface area contributed by atoms with E-state index in [-0.39, 0.29) is 10.4 Å². The van der Waals surface area contributed by atoms with Crippen LogP contribution < -0.4 is 5.56 Å². The van der Waals surface area contributed by atoms with Crippen molar-refractivity contribution >= 4 is 37.7 Å². The van der Waals surface area contributed by atoms with Gasteiger partial charge in [-0.3, -0.25) is 9.36 Å². The molecule has 0 amide bonds. The Kier molecular flexibility index (Phi) is 2.76. The quantitative estimate of drug-likeness (QED) is 0.633. The van der Waals surface area contributed by atoms with Gasteiger partial charge in [0.25, 0.3) is 5.56 Å². The molecule has 1 aromatic carbocycles. The standard InChI is InChI=1S/C16H16BrN3O/c1-9-6-11(10(2)17)14-12(7-9)16(21)19-4-3-5-20-15(19)13(14)8-18-20/h6-8,10H,3-5H2,1-2H3. The lowest BCUT2D eigenvalue weighted by Gasteiger charge is -2.19. The van der Waals surface area contributed by atoms with Gasteiger partial charge in [0.1, 0.15) is 5.65 Å². The van der Waals surface area contributed by atoms with Crippen LogP contribution in [0.5, 0.6) is 0 Å². The molecule has 0 saturated heterocycles. The van der Waals surface area contributed by atoms with Crippen LogP contribution in [0.3, 0.4) is 0 Å². The van der Waals surface area contributed by atoms with E-state index in [0.717, 1.165) is 46.9 Å². The Bertz CT molecular complexity index is 936. The van der Waals surface area contributed by atoms with Gasteiger partial charge in [0.05, 0.1) is 6.20 Å². The summed E-state index contributed by atoms with van der Waals surface area (Å²) in [6.45, 7) is 5.81. The average molecular weight is 346 g/mol. The Labute approximate surface area is 130 Å². The molecule has 0 saturated carbocycles. The second kappa shape index (κ2) is 4.44. The Morgan fingerprint density at radius 2 is 2.10 bits per heavy atom. The Hall–Kier alpha value is -1.62. The highest BCUT2D eigenvalue weighted by Gasteiger charge is 2.21. The molecule has 0 bridgehead atoms. The van der Waals surface area contributed by atoms with Crippen LogP contribution in [0, 0.1) is 6.92 Å². The molecule has 0 radical (unpaired) electrons. The van der Waals surface area contributed by atoms with E-state index in [1.54, 1.807) is 0 Å². The predicted molar refractivity (Wildman–Crippen MR) is 88.2 cm³/mol. The topological polar surface area (TPSA) is 39.8 Å². The average Bonchev–Trinajstić information content (AvgIpc) is 2.88. The SMILES string of the molecule is Cc1cc(C(C)Br)c2c(c1)c(=O)n1c3c2cnn3CCC1. The van der Waals surface area contributed by atoms with Crippen LogP contribution in [0.15, 0.2) is 23.1 Å². The summed E-state index contributed by atoms with van der Waals surface area (Å²) in [7, 11) is 0. The van der Waals surface area contributed by atoms with Crippen molar-refractivity contribution in [2.24, 2.45) is 0 Å². The van der Waals surface area contributed by atoms with Gasteiger partial charge >= 0.3 is 0 Å². The molecule has 1 aliphatic heterocycles. The molecule has 0 fully saturated rings.